The Morgan fingerprint density at radius 1 is 1.56 bits per heavy atom. The van der Waals surface area contributed by atoms with E-state index in [2.05, 4.69) is 11.9 Å². The third-order valence-corrected chi connectivity index (χ3v) is 2.68. The monoisotopic (exact) mass is 241 g/mol. The molecule has 0 radical (unpaired) electrons. The normalized spacial score (nSPS) is 12.4. The Bertz CT molecular complexity index is 352. The maximum atomic E-state index is 13.7. The van der Waals surface area contributed by atoms with E-state index in [1.807, 2.05) is 13.0 Å². The van der Waals surface area contributed by atoms with Crippen molar-refractivity contribution in [2.24, 2.45) is 0 Å². The van der Waals surface area contributed by atoms with Gasteiger partial charge < -0.3 is 5.32 Å². The molecule has 1 aromatic carbocycles. The number of benzene rings is 1. The van der Waals surface area contributed by atoms with Gasteiger partial charge in [-0.05, 0) is 31.5 Å². The van der Waals surface area contributed by atoms with E-state index in [1.54, 1.807) is 12.1 Å². The van der Waals surface area contributed by atoms with Crippen molar-refractivity contribution in [3.63, 3.8) is 0 Å². The summed E-state index contributed by atoms with van der Waals surface area (Å²) >= 11 is 5.73. The number of allylic oxidation sites excluding steroid dienone is 1. The summed E-state index contributed by atoms with van der Waals surface area (Å²) in [6.07, 6.45) is 3.55. The Labute approximate surface area is 101 Å². The largest absolute Gasteiger partial charge is 0.310 e. The van der Waals surface area contributed by atoms with Crippen molar-refractivity contribution in [1.82, 2.24) is 5.32 Å². The van der Waals surface area contributed by atoms with Gasteiger partial charge in [-0.15, -0.1) is 6.58 Å². The van der Waals surface area contributed by atoms with Crippen LogP contribution in [0.5, 0.6) is 0 Å². The molecule has 0 aliphatic heterocycles. The smallest absolute Gasteiger partial charge is 0.129 e. The highest BCUT2D eigenvalue weighted by molar-refractivity contribution is 6.30. The van der Waals surface area contributed by atoms with Gasteiger partial charge in [0.1, 0.15) is 5.82 Å². The van der Waals surface area contributed by atoms with Crippen molar-refractivity contribution < 1.29 is 4.39 Å². The summed E-state index contributed by atoms with van der Waals surface area (Å²) in [4.78, 5) is 0. The fraction of sp³-hybridized carbons (Fsp3) is 0.385. The van der Waals surface area contributed by atoms with Crippen LogP contribution in [-0.2, 0) is 0 Å². The summed E-state index contributed by atoms with van der Waals surface area (Å²) in [5.74, 6) is -0.248. The average molecular weight is 242 g/mol. The number of halogens is 2. The van der Waals surface area contributed by atoms with Crippen LogP contribution in [0.25, 0.3) is 0 Å². The van der Waals surface area contributed by atoms with Gasteiger partial charge in [-0.2, -0.15) is 0 Å². The molecule has 0 saturated carbocycles. The molecule has 0 saturated heterocycles. The van der Waals surface area contributed by atoms with Crippen LogP contribution in [0.3, 0.4) is 0 Å². The van der Waals surface area contributed by atoms with Gasteiger partial charge in [0.25, 0.3) is 0 Å². The first kappa shape index (κ1) is 13.2. The lowest BCUT2D eigenvalue weighted by molar-refractivity contribution is 0.488. The minimum atomic E-state index is -0.248. The number of hydrogen-bond donors (Lipinski definition) is 1. The summed E-state index contributed by atoms with van der Waals surface area (Å²) in [6, 6.07) is 4.85. The Morgan fingerprint density at radius 2 is 2.31 bits per heavy atom. The summed E-state index contributed by atoms with van der Waals surface area (Å²) in [5.41, 5.74) is 0.674. The zero-order valence-corrected chi connectivity index (χ0v) is 10.2. The predicted molar refractivity (Wildman–Crippen MR) is 67.3 cm³/mol. The number of hydrogen-bond acceptors (Lipinski definition) is 1. The van der Waals surface area contributed by atoms with E-state index in [1.165, 1.54) is 6.07 Å². The van der Waals surface area contributed by atoms with Crippen LogP contribution in [0, 0.1) is 5.82 Å². The standard InChI is InChI=1S/C13H17ClFN/c1-3-5-6-13(16-4-2)11-8-7-10(14)9-12(11)15/h3,7-9,13,16H,1,4-6H2,2H3. The Morgan fingerprint density at radius 3 is 2.88 bits per heavy atom. The lowest BCUT2D eigenvalue weighted by Gasteiger charge is -2.18. The lowest BCUT2D eigenvalue weighted by Crippen LogP contribution is -2.21. The van der Waals surface area contributed by atoms with E-state index in [9.17, 15) is 4.39 Å². The minimum Gasteiger partial charge on any atom is -0.310 e. The van der Waals surface area contributed by atoms with E-state index < -0.39 is 0 Å². The molecule has 1 rings (SSSR count). The maximum Gasteiger partial charge on any atom is 0.129 e. The Balaban J connectivity index is 2.86. The van der Waals surface area contributed by atoms with Crippen LogP contribution in [-0.4, -0.2) is 6.54 Å². The maximum absolute atomic E-state index is 13.7. The molecule has 1 N–H and O–H groups in total. The Kier molecular flexibility index (Phi) is 5.50. The predicted octanol–water partition coefficient (Wildman–Crippen LogP) is 4.10. The molecular formula is C13H17ClFN. The van der Waals surface area contributed by atoms with E-state index in [4.69, 9.17) is 11.6 Å². The van der Waals surface area contributed by atoms with E-state index in [0.29, 0.717) is 10.6 Å². The summed E-state index contributed by atoms with van der Waals surface area (Å²) in [7, 11) is 0. The fourth-order valence-corrected chi connectivity index (χ4v) is 1.84. The molecule has 0 fully saturated rings. The highest BCUT2D eigenvalue weighted by atomic mass is 35.5. The molecule has 0 aliphatic rings. The van der Waals surface area contributed by atoms with Crippen LogP contribution >= 0.6 is 11.6 Å². The van der Waals surface area contributed by atoms with Gasteiger partial charge in [0.2, 0.25) is 0 Å². The highest BCUT2D eigenvalue weighted by Crippen LogP contribution is 2.24. The van der Waals surface area contributed by atoms with Crippen molar-refractivity contribution in [1.29, 1.82) is 0 Å². The first-order valence-electron chi connectivity index (χ1n) is 5.48. The second-order valence-corrected chi connectivity index (χ2v) is 4.08. The molecule has 0 spiro atoms. The molecule has 1 atom stereocenters. The van der Waals surface area contributed by atoms with Crippen LogP contribution in [0.15, 0.2) is 30.9 Å². The second-order valence-electron chi connectivity index (χ2n) is 3.64. The van der Waals surface area contributed by atoms with Crippen LogP contribution in [0.4, 0.5) is 4.39 Å². The molecule has 0 aliphatic carbocycles. The van der Waals surface area contributed by atoms with Gasteiger partial charge in [-0.1, -0.05) is 30.7 Å². The summed E-state index contributed by atoms with van der Waals surface area (Å²) < 4.78 is 13.7. The fourth-order valence-electron chi connectivity index (χ4n) is 1.68. The second kappa shape index (κ2) is 6.66. The SMILES string of the molecule is C=CCCC(NCC)c1ccc(Cl)cc1F. The highest BCUT2D eigenvalue weighted by Gasteiger charge is 2.13. The molecule has 0 amide bonds. The zero-order valence-electron chi connectivity index (χ0n) is 9.47. The third kappa shape index (κ3) is 3.62. The molecule has 0 heterocycles. The van der Waals surface area contributed by atoms with Gasteiger partial charge >= 0.3 is 0 Å². The van der Waals surface area contributed by atoms with Gasteiger partial charge in [0, 0.05) is 16.6 Å². The van der Waals surface area contributed by atoms with Crippen LogP contribution < -0.4 is 5.32 Å². The van der Waals surface area contributed by atoms with Crippen molar-refractivity contribution >= 4 is 11.6 Å². The molecule has 1 aromatic rings. The van der Waals surface area contributed by atoms with Gasteiger partial charge in [0.05, 0.1) is 0 Å². The van der Waals surface area contributed by atoms with Crippen molar-refractivity contribution in [3.8, 4) is 0 Å². The first-order valence-corrected chi connectivity index (χ1v) is 5.86. The number of rotatable bonds is 6. The average Bonchev–Trinajstić information content (AvgIpc) is 2.25. The zero-order chi connectivity index (χ0) is 12.0. The van der Waals surface area contributed by atoms with Gasteiger partial charge in [-0.3, -0.25) is 0 Å². The molecule has 1 nitrogen and oxygen atoms in total. The van der Waals surface area contributed by atoms with E-state index in [-0.39, 0.29) is 11.9 Å². The Hall–Kier alpha value is -0.860. The summed E-state index contributed by atoms with van der Waals surface area (Å²) in [5, 5.41) is 3.69. The summed E-state index contributed by atoms with van der Waals surface area (Å²) in [6.45, 7) is 6.50. The first-order chi connectivity index (χ1) is 7.69. The van der Waals surface area contributed by atoms with Gasteiger partial charge in [-0.25, -0.2) is 4.39 Å². The number of nitrogens with one attached hydrogen (secondary N) is 1. The van der Waals surface area contributed by atoms with E-state index >= 15 is 0 Å². The topological polar surface area (TPSA) is 12.0 Å². The molecule has 0 aromatic heterocycles. The molecule has 0 bridgehead atoms. The molecule has 1 unspecified atom stereocenters. The molecule has 3 heteroatoms. The molecule has 16 heavy (non-hydrogen) atoms. The lowest BCUT2D eigenvalue weighted by atomic mass is 10.0. The van der Waals surface area contributed by atoms with Gasteiger partial charge in [0.15, 0.2) is 0 Å². The molecule has 88 valence electrons. The third-order valence-electron chi connectivity index (χ3n) is 2.45. The minimum absolute atomic E-state index is 0.0280. The van der Waals surface area contributed by atoms with Crippen molar-refractivity contribution in [3.05, 3.63) is 47.3 Å². The van der Waals surface area contributed by atoms with Crippen molar-refractivity contribution in [2.45, 2.75) is 25.8 Å². The van der Waals surface area contributed by atoms with Crippen LogP contribution in [0.1, 0.15) is 31.4 Å². The van der Waals surface area contributed by atoms with E-state index in [0.717, 1.165) is 19.4 Å². The van der Waals surface area contributed by atoms with Crippen LogP contribution in [0.2, 0.25) is 5.02 Å². The van der Waals surface area contributed by atoms with Crippen molar-refractivity contribution in [2.75, 3.05) is 6.54 Å². The quantitative estimate of drug-likeness (QED) is 0.740. The molecular weight excluding hydrogens is 225 g/mol.